The number of hydrogen-bond donors (Lipinski definition) is 1. The van der Waals surface area contributed by atoms with E-state index in [9.17, 15) is 4.79 Å². The Morgan fingerprint density at radius 2 is 2.20 bits per heavy atom. The minimum atomic E-state index is -0.239. The van der Waals surface area contributed by atoms with Gasteiger partial charge in [-0.25, -0.2) is 0 Å². The molecule has 9 heteroatoms. The average molecular weight is 404 g/mol. The maximum atomic E-state index is 12.9. The molecule has 1 aliphatic rings. The molecule has 0 fully saturated rings. The van der Waals surface area contributed by atoms with Gasteiger partial charge in [-0.2, -0.15) is 4.98 Å². The molecular formula is C21H20N6O3. The number of benzene rings is 1. The van der Waals surface area contributed by atoms with Crippen LogP contribution < -0.4 is 5.32 Å². The number of nitrogens with one attached hydrogen (secondary N) is 1. The number of rotatable bonds is 5. The molecule has 0 radical (unpaired) electrons. The van der Waals surface area contributed by atoms with Crippen molar-refractivity contribution in [2.24, 2.45) is 0 Å². The molecule has 5 rings (SSSR count). The van der Waals surface area contributed by atoms with E-state index in [0.717, 1.165) is 35.1 Å². The monoisotopic (exact) mass is 404 g/mol. The third kappa shape index (κ3) is 3.22. The number of methoxy groups -OCH3 is 1. The predicted molar refractivity (Wildman–Crippen MR) is 107 cm³/mol. The summed E-state index contributed by atoms with van der Waals surface area (Å²) in [4.78, 5) is 17.2. The summed E-state index contributed by atoms with van der Waals surface area (Å²) in [7, 11) is 1.58. The van der Waals surface area contributed by atoms with E-state index in [1.165, 1.54) is 0 Å². The molecule has 0 saturated heterocycles. The van der Waals surface area contributed by atoms with Gasteiger partial charge in [0, 0.05) is 18.9 Å². The van der Waals surface area contributed by atoms with Crippen LogP contribution in [0.4, 0.5) is 0 Å². The highest BCUT2D eigenvalue weighted by Crippen LogP contribution is 2.34. The summed E-state index contributed by atoms with van der Waals surface area (Å²) in [6.45, 7) is 2.25. The second-order valence-electron chi connectivity index (χ2n) is 7.38. The van der Waals surface area contributed by atoms with Crippen LogP contribution in [0.15, 0.2) is 41.1 Å². The van der Waals surface area contributed by atoms with Crippen LogP contribution in [0.25, 0.3) is 17.0 Å². The Morgan fingerprint density at radius 3 is 3.07 bits per heavy atom. The number of aromatic nitrogens is 5. The quantitative estimate of drug-likeness (QED) is 0.545. The predicted octanol–water partition coefficient (Wildman–Crippen LogP) is 2.65. The zero-order valence-electron chi connectivity index (χ0n) is 16.6. The van der Waals surface area contributed by atoms with Crippen LogP contribution in [0.2, 0.25) is 0 Å². The number of aryl methyl sites for hydroxylation is 2. The lowest BCUT2D eigenvalue weighted by atomic mass is 10.0. The number of carbonyl (C=O) groups excluding carboxylic acids is 1. The number of fused-ring (bicyclic) bond motifs is 2. The van der Waals surface area contributed by atoms with E-state index in [4.69, 9.17) is 9.26 Å². The fourth-order valence-corrected chi connectivity index (χ4v) is 3.84. The first-order valence-corrected chi connectivity index (χ1v) is 9.69. The van der Waals surface area contributed by atoms with E-state index in [0.29, 0.717) is 17.4 Å². The van der Waals surface area contributed by atoms with Gasteiger partial charge in [-0.15, -0.1) is 10.2 Å². The van der Waals surface area contributed by atoms with E-state index in [2.05, 4.69) is 31.7 Å². The van der Waals surface area contributed by atoms with Crippen molar-refractivity contribution in [3.8, 4) is 11.4 Å². The summed E-state index contributed by atoms with van der Waals surface area (Å²) in [6, 6.07) is 9.73. The number of pyridine rings is 1. The third-order valence-electron chi connectivity index (χ3n) is 5.27. The molecule has 152 valence electrons. The van der Waals surface area contributed by atoms with Crippen molar-refractivity contribution < 1.29 is 14.1 Å². The second-order valence-corrected chi connectivity index (χ2v) is 7.38. The van der Waals surface area contributed by atoms with Crippen molar-refractivity contribution in [2.45, 2.75) is 32.4 Å². The Labute approximate surface area is 172 Å². The molecule has 0 bridgehead atoms. The molecular weight excluding hydrogens is 384 g/mol. The standard InChI is InChI=1S/C21H20N6O3/c1-12-3-8-17-24-25-20(27(17)10-12)21(28)22-16-7-5-13-9-14(4-6-15(13)16)19-23-18(11-29-2)30-26-19/h3-4,6,8-10,16H,5,7,11H2,1-2H3,(H,22,28)/t16-/m1/s1. The first kappa shape index (κ1) is 18.4. The maximum absolute atomic E-state index is 12.9. The summed E-state index contributed by atoms with van der Waals surface area (Å²) >= 11 is 0. The van der Waals surface area contributed by atoms with Gasteiger partial charge in [0.25, 0.3) is 11.8 Å². The van der Waals surface area contributed by atoms with Gasteiger partial charge in [-0.1, -0.05) is 23.4 Å². The van der Waals surface area contributed by atoms with Gasteiger partial charge < -0.3 is 14.6 Å². The number of carbonyl (C=O) groups is 1. The molecule has 3 aromatic heterocycles. The Morgan fingerprint density at radius 1 is 1.30 bits per heavy atom. The van der Waals surface area contributed by atoms with Crippen LogP contribution >= 0.6 is 0 Å². The van der Waals surface area contributed by atoms with E-state index in [1.807, 2.05) is 37.4 Å². The largest absolute Gasteiger partial charge is 0.375 e. The van der Waals surface area contributed by atoms with Crippen LogP contribution in [0, 0.1) is 6.92 Å². The van der Waals surface area contributed by atoms with Crippen LogP contribution in [0.5, 0.6) is 0 Å². The maximum Gasteiger partial charge on any atom is 0.290 e. The number of amides is 1. The minimum absolute atomic E-state index is 0.0759. The minimum Gasteiger partial charge on any atom is -0.375 e. The smallest absolute Gasteiger partial charge is 0.290 e. The molecule has 1 aliphatic carbocycles. The molecule has 0 saturated carbocycles. The van der Waals surface area contributed by atoms with E-state index >= 15 is 0 Å². The highest BCUT2D eigenvalue weighted by atomic mass is 16.5. The number of nitrogens with zero attached hydrogens (tertiary/aromatic N) is 5. The van der Waals surface area contributed by atoms with Crippen LogP contribution in [0.3, 0.4) is 0 Å². The zero-order chi connectivity index (χ0) is 20.7. The van der Waals surface area contributed by atoms with E-state index in [1.54, 1.807) is 11.5 Å². The Hall–Kier alpha value is -3.59. The molecule has 1 N–H and O–H groups in total. The highest BCUT2D eigenvalue weighted by molar-refractivity contribution is 5.91. The fourth-order valence-electron chi connectivity index (χ4n) is 3.84. The van der Waals surface area contributed by atoms with Crippen LogP contribution in [-0.4, -0.2) is 37.8 Å². The van der Waals surface area contributed by atoms with E-state index < -0.39 is 0 Å². The SMILES string of the molecule is COCc1nc(-c2ccc3c(c2)CC[C@H]3NC(=O)c2nnc3ccc(C)cn23)no1. The summed E-state index contributed by atoms with van der Waals surface area (Å²) in [5, 5.41) is 15.3. The van der Waals surface area contributed by atoms with Crippen molar-refractivity contribution in [3.05, 3.63) is 64.9 Å². The molecule has 1 aromatic carbocycles. The molecule has 0 aliphatic heterocycles. The summed E-state index contributed by atoms with van der Waals surface area (Å²) in [6.07, 6.45) is 3.54. The first-order valence-electron chi connectivity index (χ1n) is 9.69. The molecule has 30 heavy (non-hydrogen) atoms. The van der Waals surface area contributed by atoms with Crippen molar-refractivity contribution >= 4 is 11.6 Å². The lowest BCUT2D eigenvalue weighted by Crippen LogP contribution is -2.28. The van der Waals surface area contributed by atoms with Gasteiger partial charge >= 0.3 is 0 Å². The Bertz CT molecular complexity index is 1240. The van der Waals surface area contributed by atoms with Gasteiger partial charge in [0.2, 0.25) is 11.6 Å². The Kier molecular flexibility index (Phi) is 4.51. The molecule has 0 spiro atoms. The zero-order valence-corrected chi connectivity index (χ0v) is 16.6. The molecule has 1 amide bonds. The molecule has 9 nitrogen and oxygen atoms in total. The molecule has 0 unspecified atom stereocenters. The normalized spacial score (nSPS) is 15.5. The van der Waals surface area contributed by atoms with Crippen LogP contribution in [-0.2, 0) is 17.8 Å². The number of hydrogen-bond acceptors (Lipinski definition) is 7. The van der Waals surface area contributed by atoms with Gasteiger partial charge in [0.1, 0.15) is 6.61 Å². The van der Waals surface area contributed by atoms with Gasteiger partial charge in [-0.05, 0) is 48.6 Å². The van der Waals surface area contributed by atoms with Crippen LogP contribution in [0.1, 0.15) is 45.7 Å². The third-order valence-corrected chi connectivity index (χ3v) is 5.27. The fraction of sp³-hybridized carbons (Fsp3) is 0.286. The van der Waals surface area contributed by atoms with Crippen molar-refractivity contribution in [1.29, 1.82) is 0 Å². The van der Waals surface area contributed by atoms with Crippen molar-refractivity contribution in [3.63, 3.8) is 0 Å². The average Bonchev–Trinajstić information content (AvgIpc) is 3.46. The van der Waals surface area contributed by atoms with E-state index in [-0.39, 0.29) is 24.4 Å². The Balaban J connectivity index is 1.36. The lowest BCUT2D eigenvalue weighted by Gasteiger charge is -2.13. The first-order chi connectivity index (χ1) is 14.6. The summed E-state index contributed by atoms with van der Waals surface area (Å²) < 4.78 is 11.9. The van der Waals surface area contributed by atoms with Crippen molar-refractivity contribution in [2.75, 3.05) is 7.11 Å². The summed E-state index contributed by atoms with van der Waals surface area (Å²) in [5.74, 6) is 1.02. The summed E-state index contributed by atoms with van der Waals surface area (Å²) in [5.41, 5.74) is 4.82. The lowest BCUT2D eigenvalue weighted by molar-refractivity contribution is 0.0925. The second kappa shape index (κ2) is 7.34. The van der Waals surface area contributed by atoms with Gasteiger partial charge in [-0.3, -0.25) is 9.20 Å². The topological polar surface area (TPSA) is 107 Å². The molecule has 3 heterocycles. The van der Waals surface area contributed by atoms with Gasteiger partial charge in [0.15, 0.2) is 5.65 Å². The van der Waals surface area contributed by atoms with Gasteiger partial charge in [0.05, 0.1) is 6.04 Å². The molecule has 1 atom stereocenters. The van der Waals surface area contributed by atoms with Crippen molar-refractivity contribution in [1.82, 2.24) is 30.1 Å². The number of ether oxygens (including phenoxy) is 1. The highest BCUT2D eigenvalue weighted by Gasteiger charge is 2.27. The molecule has 4 aromatic rings.